The van der Waals surface area contributed by atoms with Crippen LogP contribution >= 0.6 is 0 Å². The fourth-order valence-corrected chi connectivity index (χ4v) is 0.430. The van der Waals surface area contributed by atoms with Gasteiger partial charge in [0.25, 0.3) is 0 Å². The van der Waals surface area contributed by atoms with Crippen molar-refractivity contribution in [2.75, 3.05) is 6.61 Å². The lowest BCUT2D eigenvalue weighted by Gasteiger charge is -2.05. The van der Waals surface area contributed by atoms with Gasteiger partial charge in [0.1, 0.15) is 0 Å². The monoisotopic (exact) mass is 132 g/mol. The standard InChI is InChI=1S/C5H10O4/c6-5(7)3-1-2-4-9-8/h8H,1-4H2,(H,6,7)/p-2. The molecule has 0 saturated carbocycles. The maximum Gasteiger partial charge on any atom is 0.0414 e. The molecule has 0 N–H and O–H groups in total. The Kier molecular flexibility index (Phi) is 5.15. The molecular weight excluding hydrogens is 124 g/mol. The van der Waals surface area contributed by atoms with Gasteiger partial charge >= 0.3 is 0 Å². The van der Waals surface area contributed by atoms with Crippen molar-refractivity contribution < 1.29 is 20.0 Å². The van der Waals surface area contributed by atoms with Crippen LogP contribution in [0.5, 0.6) is 0 Å². The molecule has 0 amide bonds. The number of carbonyl (C=O) groups excluding carboxylic acids is 1. The topological polar surface area (TPSA) is 72.4 Å². The molecule has 0 radical (unpaired) electrons. The highest BCUT2D eigenvalue weighted by Gasteiger charge is 1.85. The molecular formula is C5H8O4-2. The molecule has 4 heteroatoms. The van der Waals surface area contributed by atoms with Crippen molar-refractivity contribution >= 4 is 5.97 Å². The summed E-state index contributed by atoms with van der Waals surface area (Å²) in [5.41, 5.74) is 0. The first-order valence-electron chi connectivity index (χ1n) is 2.72. The fraction of sp³-hybridized carbons (Fsp3) is 0.800. The van der Waals surface area contributed by atoms with E-state index in [1.807, 2.05) is 0 Å². The maximum atomic E-state index is 9.73. The van der Waals surface area contributed by atoms with Crippen LogP contribution in [0.15, 0.2) is 0 Å². The van der Waals surface area contributed by atoms with Gasteiger partial charge < -0.3 is 20.0 Å². The minimum atomic E-state index is -1.08. The Morgan fingerprint density at radius 3 is 2.56 bits per heavy atom. The average Bonchev–Trinajstić information content (AvgIpc) is 1.80. The van der Waals surface area contributed by atoms with E-state index < -0.39 is 5.97 Å². The summed E-state index contributed by atoms with van der Waals surface area (Å²) >= 11 is 0. The van der Waals surface area contributed by atoms with Crippen LogP contribution in [0.2, 0.25) is 0 Å². The Morgan fingerprint density at radius 2 is 2.11 bits per heavy atom. The number of carbonyl (C=O) groups is 1. The molecule has 0 heterocycles. The minimum Gasteiger partial charge on any atom is -0.723 e. The van der Waals surface area contributed by atoms with E-state index >= 15 is 0 Å². The van der Waals surface area contributed by atoms with Gasteiger partial charge in [0.05, 0.1) is 0 Å². The van der Waals surface area contributed by atoms with E-state index in [4.69, 9.17) is 0 Å². The highest BCUT2D eigenvalue weighted by atomic mass is 17.1. The van der Waals surface area contributed by atoms with Gasteiger partial charge in [0, 0.05) is 12.6 Å². The molecule has 0 aliphatic carbocycles. The van der Waals surface area contributed by atoms with Crippen LogP contribution in [0.4, 0.5) is 0 Å². The van der Waals surface area contributed by atoms with Crippen LogP contribution < -0.4 is 10.4 Å². The Bertz CT molecular complexity index is 81.0. The third-order valence-electron chi connectivity index (χ3n) is 0.859. The number of carboxylic acid groups (broad SMARTS) is 1. The van der Waals surface area contributed by atoms with Crippen molar-refractivity contribution in [3.8, 4) is 0 Å². The van der Waals surface area contributed by atoms with Crippen LogP contribution in [-0.2, 0) is 9.68 Å². The van der Waals surface area contributed by atoms with E-state index in [2.05, 4.69) is 4.89 Å². The smallest absolute Gasteiger partial charge is 0.0414 e. The Hall–Kier alpha value is -0.610. The number of rotatable bonds is 5. The molecule has 0 aromatic rings. The third kappa shape index (κ3) is 7.39. The lowest BCUT2D eigenvalue weighted by atomic mass is 10.2. The summed E-state index contributed by atoms with van der Waals surface area (Å²) in [5.74, 6) is -1.08. The molecule has 0 atom stereocenters. The number of unbranched alkanes of at least 4 members (excludes halogenated alkanes) is 1. The predicted octanol–water partition coefficient (Wildman–Crippen LogP) is -1.80. The van der Waals surface area contributed by atoms with Crippen LogP contribution in [0.25, 0.3) is 0 Å². The SMILES string of the molecule is O=C([O-])CCCCO[O-]. The molecule has 0 spiro atoms. The number of hydrogen-bond donors (Lipinski definition) is 0. The quantitative estimate of drug-likeness (QED) is 0.251. The molecule has 0 bridgehead atoms. The summed E-state index contributed by atoms with van der Waals surface area (Å²) in [7, 11) is 0. The van der Waals surface area contributed by atoms with Crippen molar-refractivity contribution in [1.82, 2.24) is 0 Å². The first-order valence-corrected chi connectivity index (χ1v) is 2.72. The summed E-state index contributed by atoms with van der Waals surface area (Å²) in [5, 5.41) is 19.0. The first-order chi connectivity index (χ1) is 4.27. The summed E-state index contributed by atoms with van der Waals surface area (Å²) in [4.78, 5) is 13.2. The van der Waals surface area contributed by atoms with E-state index in [1.54, 1.807) is 0 Å². The van der Waals surface area contributed by atoms with E-state index in [0.717, 1.165) is 0 Å². The van der Waals surface area contributed by atoms with E-state index in [9.17, 15) is 15.2 Å². The molecule has 0 saturated heterocycles. The second-order valence-electron chi connectivity index (χ2n) is 1.65. The van der Waals surface area contributed by atoms with Gasteiger partial charge in [-0.1, -0.05) is 0 Å². The molecule has 4 nitrogen and oxygen atoms in total. The van der Waals surface area contributed by atoms with Crippen molar-refractivity contribution in [3.63, 3.8) is 0 Å². The number of hydrogen-bond acceptors (Lipinski definition) is 4. The third-order valence-corrected chi connectivity index (χ3v) is 0.859. The van der Waals surface area contributed by atoms with Gasteiger partial charge in [0.15, 0.2) is 0 Å². The first kappa shape index (κ1) is 8.39. The largest absolute Gasteiger partial charge is 0.723 e. The van der Waals surface area contributed by atoms with Crippen molar-refractivity contribution in [2.45, 2.75) is 19.3 Å². The summed E-state index contributed by atoms with van der Waals surface area (Å²) in [6.07, 6.45) is 0.936. The lowest BCUT2D eigenvalue weighted by Crippen LogP contribution is -2.21. The second kappa shape index (κ2) is 5.53. The van der Waals surface area contributed by atoms with Crippen molar-refractivity contribution in [3.05, 3.63) is 0 Å². The molecule has 0 unspecified atom stereocenters. The molecule has 0 fully saturated rings. The van der Waals surface area contributed by atoms with Crippen molar-refractivity contribution in [2.24, 2.45) is 0 Å². The normalized spacial score (nSPS) is 9.44. The van der Waals surface area contributed by atoms with Gasteiger partial charge in [-0.15, -0.1) is 0 Å². The van der Waals surface area contributed by atoms with Gasteiger partial charge in [0.2, 0.25) is 0 Å². The highest BCUT2D eigenvalue weighted by Crippen LogP contribution is 1.92. The zero-order valence-corrected chi connectivity index (χ0v) is 4.96. The lowest BCUT2D eigenvalue weighted by molar-refractivity contribution is -0.689. The predicted molar refractivity (Wildman–Crippen MR) is 24.8 cm³/mol. The minimum absolute atomic E-state index is 0.00333. The van der Waals surface area contributed by atoms with Gasteiger partial charge in [-0.3, -0.25) is 0 Å². The molecule has 0 aliphatic rings. The van der Waals surface area contributed by atoms with Gasteiger partial charge in [-0.05, 0) is 19.3 Å². The molecule has 0 aliphatic heterocycles. The van der Waals surface area contributed by atoms with E-state index in [1.165, 1.54) is 0 Å². The van der Waals surface area contributed by atoms with Crippen LogP contribution in [0, 0.1) is 0 Å². The fourth-order valence-electron chi connectivity index (χ4n) is 0.430. The Labute approximate surface area is 53.0 Å². The zero-order chi connectivity index (χ0) is 7.11. The Balaban J connectivity index is 2.83. The summed E-state index contributed by atoms with van der Waals surface area (Å²) < 4.78 is 0. The van der Waals surface area contributed by atoms with E-state index in [0.29, 0.717) is 12.8 Å². The van der Waals surface area contributed by atoms with Crippen LogP contribution in [0.3, 0.4) is 0 Å². The molecule has 0 rings (SSSR count). The van der Waals surface area contributed by atoms with Gasteiger partial charge in [-0.25, -0.2) is 0 Å². The van der Waals surface area contributed by atoms with E-state index in [-0.39, 0.29) is 13.0 Å². The number of aliphatic carboxylic acids is 1. The highest BCUT2D eigenvalue weighted by molar-refractivity contribution is 5.63. The summed E-state index contributed by atoms with van der Waals surface area (Å²) in [6.45, 7) is 0.0767. The molecule has 9 heavy (non-hydrogen) atoms. The summed E-state index contributed by atoms with van der Waals surface area (Å²) in [6, 6.07) is 0. The molecule has 0 aromatic carbocycles. The van der Waals surface area contributed by atoms with Gasteiger partial charge in [-0.2, -0.15) is 0 Å². The molecule has 0 aromatic heterocycles. The number of carboxylic acids is 1. The second-order valence-corrected chi connectivity index (χ2v) is 1.65. The molecule has 54 valence electrons. The van der Waals surface area contributed by atoms with Crippen LogP contribution in [0.1, 0.15) is 19.3 Å². The van der Waals surface area contributed by atoms with Crippen molar-refractivity contribution in [1.29, 1.82) is 0 Å². The zero-order valence-electron chi connectivity index (χ0n) is 4.96. The van der Waals surface area contributed by atoms with Crippen LogP contribution in [-0.4, -0.2) is 12.6 Å². The Morgan fingerprint density at radius 1 is 1.44 bits per heavy atom. The average molecular weight is 132 g/mol. The maximum absolute atomic E-state index is 9.73.